The van der Waals surface area contributed by atoms with Crippen LogP contribution in [0.15, 0.2) is 53.9 Å². The number of hydrogen-bond acceptors (Lipinski definition) is 4. The van der Waals surface area contributed by atoms with Crippen LogP contribution in [-0.2, 0) is 10.0 Å². The van der Waals surface area contributed by atoms with Gasteiger partial charge >= 0.3 is 0 Å². The summed E-state index contributed by atoms with van der Waals surface area (Å²) in [5, 5.41) is 0.975. The van der Waals surface area contributed by atoms with Crippen molar-refractivity contribution in [1.29, 1.82) is 0 Å². The Morgan fingerprint density at radius 2 is 1.46 bits per heavy atom. The Kier molecular flexibility index (Phi) is 5.00. The largest absolute Gasteiger partial charge is 0.366 e. The van der Waals surface area contributed by atoms with Crippen molar-refractivity contribution in [3.63, 3.8) is 0 Å². The van der Waals surface area contributed by atoms with Crippen LogP contribution in [0.1, 0.15) is 26.3 Å². The van der Waals surface area contributed by atoms with Gasteiger partial charge in [0.2, 0.25) is 11.8 Å². The maximum atomic E-state index is 12.1. The van der Waals surface area contributed by atoms with E-state index in [1.165, 1.54) is 24.3 Å². The molecule has 0 aliphatic carbocycles. The van der Waals surface area contributed by atoms with Gasteiger partial charge in [0.1, 0.15) is 0 Å². The first-order chi connectivity index (χ1) is 11.3. The average molecular weight is 345 g/mol. The predicted octanol–water partition coefficient (Wildman–Crippen LogP) is 1.30. The smallest absolute Gasteiger partial charge is 0.255 e. The highest BCUT2D eigenvalue weighted by Gasteiger charge is 2.12. The van der Waals surface area contributed by atoms with Gasteiger partial charge in [-0.05, 0) is 29.8 Å². The summed E-state index contributed by atoms with van der Waals surface area (Å²) in [5.74, 6) is -1.61. The first-order valence-electron chi connectivity index (χ1n) is 6.77. The third kappa shape index (κ3) is 4.68. The van der Waals surface area contributed by atoms with Crippen LogP contribution in [0, 0.1) is 0 Å². The third-order valence-electron chi connectivity index (χ3n) is 3.00. The molecule has 0 fully saturated rings. The summed E-state index contributed by atoms with van der Waals surface area (Å²) in [6.45, 7) is 0. The van der Waals surface area contributed by atoms with Crippen LogP contribution < -0.4 is 16.2 Å². The first-order valence-corrected chi connectivity index (χ1v) is 8.32. The molecule has 2 aromatic rings. The van der Waals surface area contributed by atoms with Crippen molar-refractivity contribution < 1.29 is 18.0 Å². The Bertz CT molecular complexity index is 874. The molecular formula is C16H15N3O4S. The minimum Gasteiger partial charge on any atom is -0.366 e. The second-order valence-electron chi connectivity index (χ2n) is 4.89. The number of hydrogen-bond donors (Lipinski definition) is 3. The van der Waals surface area contributed by atoms with Gasteiger partial charge in [0.05, 0.1) is 11.1 Å². The van der Waals surface area contributed by atoms with Gasteiger partial charge < -0.3 is 11.5 Å². The molecule has 2 rings (SSSR count). The number of sulfonamides is 1. The Balaban J connectivity index is 2.30. The topological polar surface area (TPSA) is 132 Å². The zero-order valence-electron chi connectivity index (χ0n) is 12.5. The number of nitrogens with one attached hydrogen (secondary N) is 1. The van der Waals surface area contributed by atoms with Crippen LogP contribution in [0.5, 0.6) is 0 Å². The molecule has 124 valence electrons. The molecule has 0 aliphatic heterocycles. The van der Waals surface area contributed by atoms with Gasteiger partial charge in [-0.25, -0.2) is 8.42 Å². The van der Waals surface area contributed by atoms with E-state index in [1.54, 1.807) is 24.3 Å². The fraction of sp³-hybridized carbons (Fsp3) is 0. The lowest BCUT2D eigenvalue weighted by molar-refractivity contribution is 0.0999. The van der Waals surface area contributed by atoms with Crippen molar-refractivity contribution in [2.75, 3.05) is 4.72 Å². The molecule has 0 radical (unpaired) electrons. The standard InChI is InChI=1S/C16H15N3O4S/c17-15(20)12-8-13(16(18)21)10-14(9-12)19-24(22,23)7-6-11-4-2-1-3-5-11/h1-10,19H,(H2,17,20)(H2,18,21)/b7-6+. The highest BCUT2D eigenvalue weighted by molar-refractivity contribution is 7.95. The van der Waals surface area contributed by atoms with Crippen LogP contribution in [-0.4, -0.2) is 20.2 Å². The number of nitrogens with two attached hydrogens (primary N) is 2. The molecule has 0 saturated heterocycles. The van der Waals surface area contributed by atoms with Gasteiger partial charge in [0.15, 0.2) is 0 Å². The normalized spacial score (nSPS) is 11.3. The minimum absolute atomic E-state index is 0.0119. The van der Waals surface area contributed by atoms with Crippen LogP contribution >= 0.6 is 0 Å². The van der Waals surface area contributed by atoms with E-state index in [2.05, 4.69) is 4.72 Å². The minimum atomic E-state index is -3.85. The van der Waals surface area contributed by atoms with Crippen molar-refractivity contribution in [2.24, 2.45) is 11.5 Å². The number of carbonyl (C=O) groups excluding carboxylic acids is 2. The van der Waals surface area contributed by atoms with Gasteiger partial charge in [0, 0.05) is 11.1 Å². The van der Waals surface area contributed by atoms with E-state index in [9.17, 15) is 18.0 Å². The Labute approximate surface area is 139 Å². The highest BCUT2D eigenvalue weighted by Crippen LogP contribution is 2.17. The third-order valence-corrected chi connectivity index (χ3v) is 4.02. The Hall–Kier alpha value is -3.13. The van der Waals surface area contributed by atoms with E-state index in [0.29, 0.717) is 5.56 Å². The van der Waals surface area contributed by atoms with Gasteiger partial charge in [-0.3, -0.25) is 14.3 Å². The van der Waals surface area contributed by atoms with E-state index >= 15 is 0 Å². The van der Waals surface area contributed by atoms with E-state index in [-0.39, 0.29) is 16.8 Å². The SMILES string of the molecule is NC(=O)c1cc(NS(=O)(=O)/C=C/c2ccccc2)cc(C(N)=O)c1. The molecule has 5 N–H and O–H groups in total. The summed E-state index contributed by atoms with van der Waals surface area (Å²) in [6, 6.07) is 12.5. The summed E-state index contributed by atoms with van der Waals surface area (Å²) in [6.07, 6.45) is 1.41. The lowest BCUT2D eigenvalue weighted by atomic mass is 10.1. The number of carbonyl (C=O) groups is 2. The van der Waals surface area contributed by atoms with Crippen molar-refractivity contribution in [1.82, 2.24) is 0 Å². The Morgan fingerprint density at radius 1 is 0.917 bits per heavy atom. The summed E-state index contributed by atoms with van der Waals surface area (Å²) in [5.41, 5.74) is 11.0. The predicted molar refractivity (Wildman–Crippen MR) is 91.5 cm³/mol. The number of rotatable bonds is 6. The lowest BCUT2D eigenvalue weighted by Gasteiger charge is -2.08. The zero-order chi connectivity index (χ0) is 17.7. The molecule has 0 unspecified atom stereocenters. The summed E-state index contributed by atoms with van der Waals surface area (Å²) < 4.78 is 26.5. The molecule has 0 aliphatic rings. The zero-order valence-corrected chi connectivity index (χ0v) is 13.3. The van der Waals surface area contributed by atoms with Crippen molar-refractivity contribution in [3.8, 4) is 0 Å². The fourth-order valence-corrected chi connectivity index (χ4v) is 2.75. The number of primary amides is 2. The van der Waals surface area contributed by atoms with Gasteiger partial charge in [-0.15, -0.1) is 0 Å². The maximum Gasteiger partial charge on any atom is 0.255 e. The van der Waals surface area contributed by atoms with E-state index in [0.717, 1.165) is 5.41 Å². The second-order valence-corrected chi connectivity index (χ2v) is 6.45. The molecule has 2 aromatic carbocycles. The van der Waals surface area contributed by atoms with Gasteiger partial charge in [-0.2, -0.15) is 0 Å². The first kappa shape index (κ1) is 17.2. The summed E-state index contributed by atoms with van der Waals surface area (Å²) in [4.78, 5) is 22.6. The van der Waals surface area contributed by atoms with Crippen LogP contribution in [0.25, 0.3) is 6.08 Å². The molecule has 0 heterocycles. The second kappa shape index (κ2) is 6.97. The van der Waals surface area contributed by atoms with Crippen molar-refractivity contribution in [3.05, 3.63) is 70.6 Å². The molecule has 0 bridgehead atoms. The van der Waals surface area contributed by atoms with Gasteiger partial charge in [-0.1, -0.05) is 30.3 Å². The molecule has 0 spiro atoms. The van der Waals surface area contributed by atoms with Gasteiger partial charge in [0.25, 0.3) is 10.0 Å². The van der Waals surface area contributed by atoms with E-state index < -0.39 is 21.8 Å². The number of amides is 2. The molecule has 0 aromatic heterocycles. The molecule has 2 amide bonds. The van der Waals surface area contributed by atoms with E-state index in [1.807, 2.05) is 6.07 Å². The molecule has 7 nitrogen and oxygen atoms in total. The molecule has 24 heavy (non-hydrogen) atoms. The molecule has 0 saturated carbocycles. The molecule has 8 heteroatoms. The lowest BCUT2D eigenvalue weighted by Crippen LogP contribution is -2.17. The highest BCUT2D eigenvalue weighted by atomic mass is 32.2. The maximum absolute atomic E-state index is 12.1. The monoisotopic (exact) mass is 345 g/mol. The summed E-state index contributed by atoms with van der Waals surface area (Å²) in [7, 11) is -3.85. The van der Waals surface area contributed by atoms with Crippen molar-refractivity contribution >= 4 is 33.6 Å². The van der Waals surface area contributed by atoms with E-state index in [4.69, 9.17) is 11.5 Å². The number of benzene rings is 2. The quantitative estimate of drug-likeness (QED) is 0.727. The van der Waals surface area contributed by atoms with Crippen molar-refractivity contribution in [2.45, 2.75) is 0 Å². The average Bonchev–Trinajstić information content (AvgIpc) is 2.53. The Morgan fingerprint density at radius 3 is 1.96 bits per heavy atom. The van der Waals surface area contributed by atoms with Crippen LogP contribution in [0.4, 0.5) is 5.69 Å². The van der Waals surface area contributed by atoms with Crippen LogP contribution in [0.2, 0.25) is 0 Å². The molecular weight excluding hydrogens is 330 g/mol. The summed E-state index contributed by atoms with van der Waals surface area (Å²) >= 11 is 0. The molecule has 0 atom stereocenters. The number of anilines is 1. The fourth-order valence-electron chi connectivity index (χ4n) is 1.90. The van der Waals surface area contributed by atoms with Crippen LogP contribution in [0.3, 0.4) is 0 Å².